The van der Waals surface area contributed by atoms with Crippen molar-refractivity contribution >= 4 is 27.6 Å². The Labute approximate surface area is 219 Å². The van der Waals surface area contributed by atoms with Crippen molar-refractivity contribution in [2.45, 2.75) is 19.3 Å². The molecule has 1 aliphatic carbocycles. The van der Waals surface area contributed by atoms with Gasteiger partial charge in [0.05, 0.1) is 22.2 Å². The van der Waals surface area contributed by atoms with E-state index in [-0.39, 0.29) is 5.41 Å². The first-order valence-corrected chi connectivity index (χ1v) is 12.8. The highest BCUT2D eigenvalue weighted by Crippen LogP contribution is 2.47. The normalized spacial score (nSPS) is 13.7. The Morgan fingerprint density at radius 3 is 2.32 bits per heavy atom. The van der Waals surface area contributed by atoms with Gasteiger partial charge in [-0.1, -0.05) is 86.6 Å². The lowest BCUT2D eigenvalue weighted by Crippen LogP contribution is -2.15. The first-order chi connectivity index (χ1) is 18.6. The molecule has 7 aromatic rings. The quantitative estimate of drug-likeness (QED) is 0.253. The van der Waals surface area contributed by atoms with Gasteiger partial charge in [0.25, 0.3) is 0 Å². The molecule has 180 valence electrons. The maximum absolute atomic E-state index is 5.07. The summed E-state index contributed by atoms with van der Waals surface area (Å²) < 4.78 is 2.08. The van der Waals surface area contributed by atoms with Crippen LogP contribution in [0, 0.1) is 0 Å². The molecule has 3 heterocycles. The van der Waals surface area contributed by atoms with Gasteiger partial charge in [0.1, 0.15) is 12.0 Å². The van der Waals surface area contributed by atoms with Crippen LogP contribution in [0.1, 0.15) is 25.0 Å². The van der Waals surface area contributed by atoms with E-state index < -0.39 is 0 Å². The zero-order chi connectivity index (χ0) is 25.4. The number of hydrogen-bond acceptors (Lipinski definition) is 4. The van der Waals surface area contributed by atoms with Crippen LogP contribution in [0.3, 0.4) is 0 Å². The summed E-state index contributed by atoms with van der Waals surface area (Å²) in [7, 11) is 0. The lowest BCUT2D eigenvalue weighted by Gasteiger charge is -2.20. The van der Waals surface area contributed by atoms with E-state index in [1.165, 1.54) is 16.7 Å². The average molecular weight is 490 g/mol. The van der Waals surface area contributed by atoms with Crippen molar-refractivity contribution < 1.29 is 0 Å². The Morgan fingerprint density at radius 2 is 1.42 bits per heavy atom. The SMILES string of the molecule is CC1(C)c2ccccc2-c2nc(-c3ccc(-c4cccc5c4nc4c6ccccc6ncn54)cc3)ncc21. The van der Waals surface area contributed by atoms with E-state index in [9.17, 15) is 0 Å². The van der Waals surface area contributed by atoms with Gasteiger partial charge in [0, 0.05) is 39.3 Å². The van der Waals surface area contributed by atoms with Crippen LogP contribution in [0.2, 0.25) is 0 Å². The van der Waals surface area contributed by atoms with Gasteiger partial charge in [-0.2, -0.15) is 0 Å². The highest BCUT2D eigenvalue weighted by Gasteiger charge is 2.36. The highest BCUT2D eigenvalue weighted by molar-refractivity contribution is 6.00. The van der Waals surface area contributed by atoms with E-state index in [1.807, 2.05) is 30.7 Å². The molecule has 0 bridgehead atoms. The third-order valence-corrected chi connectivity index (χ3v) is 7.95. The Balaban J connectivity index is 1.23. The fourth-order valence-electron chi connectivity index (χ4n) is 5.91. The number of benzene rings is 4. The van der Waals surface area contributed by atoms with Crippen LogP contribution in [-0.2, 0) is 5.41 Å². The largest absolute Gasteiger partial charge is 0.282 e. The van der Waals surface area contributed by atoms with Crippen LogP contribution in [0.15, 0.2) is 104 Å². The fourth-order valence-corrected chi connectivity index (χ4v) is 5.91. The Bertz CT molecular complexity index is 2050. The maximum atomic E-state index is 5.07. The standard InChI is InChI=1S/C33H23N5/c1-33(2)25-11-5-3-8-23(25)29-26(33)18-34-31(36-29)21-16-14-20(15-17-21)22-10-7-13-28-30(22)37-32-24-9-4-6-12-27(24)35-19-38(28)32/h3-19H,1-2H3. The molecule has 5 nitrogen and oxygen atoms in total. The average Bonchev–Trinajstić information content (AvgIpc) is 3.46. The zero-order valence-electron chi connectivity index (χ0n) is 21.1. The van der Waals surface area contributed by atoms with Gasteiger partial charge < -0.3 is 0 Å². The number of fused-ring (bicyclic) bond motifs is 8. The highest BCUT2D eigenvalue weighted by atomic mass is 15.0. The number of aromatic nitrogens is 5. The predicted octanol–water partition coefficient (Wildman–Crippen LogP) is 7.47. The molecular weight excluding hydrogens is 466 g/mol. The summed E-state index contributed by atoms with van der Waals surface area (Å²) in [6.45, 7) is 4.49. The molecule has 0 unspecified atom stereocenters. The van der Waals surface area contributed by atoms with Crippen LogP contribution < -0.4 is 0 Å². The lowest BCUT2D eigenvalue weighted by atomic mass is 9.83. The summed E-state index contributed by atoms with van der Waals surface area (Å²) in [6, 6.07) is 31.5. The molecule has 0 spiro atoms. The van der Waals surface area contributed by atoms with Crippen LogP contribution in [0.4, 0.5) is 0 Å². The minimum atomic E-state index is -0.0953. The van der Waals surface area contributed by atoms with E-state index in [0.717, 1.165) is 55.8 Å². The van der Waals surface area contributed by atoms with Crippen molar-refractivity contribution in [3.63, 3.8) is 0 Å². The molecule has 0 aliphatic heterocycles. The molecule has 5 heteroatoms. The Kier molecular flexibility index (Phi) is 4.22. The van der Waals surface area contributed by atoms with E-state index in [0.29, 0.717) is 0 Å². The van der Waals surface area contributed by atoms with Crippen LogP contribution in [0.5, 0.6) is 0 Å². The van der Waals surface area contributed by atoms with Gasteiger partial charge >= 0.3 is 0 Å². The molecular formula is C33H23N5. The molecule has 0 amide bonds. The monoisotopic (exact) mass is 489 g/mol. The summed E-state index contributed by atoms with van der Waals surface area (Å²) in [5.41, 5.74) is 11.7. The number of nitrogens with zero attached hydrogens (tertiary/aromatic N) is 5. The molecule has 3 aromatic heterocycles. The number of rotatable bonds is 2. The van der Waals surface area contributed by atoms with Crippen LogP contribution in [-0.4, -0.2) is 24.3 Å². The van der Waals surface area contributed by atoms with Gasteiger partial charge in [-0.25, -0.2) is 19.9 Å². The minimum Gasteiger partial charge on any atom is -0.282 e. The second-order valence-electron chi connectivity index (χ2n) is 10.4. The lowest BCUT2D eigenvalue weighted by molar-refractivity contribution is 0.655. The molecule has 4 aromatic carbocycles. The van der Waals surface area contributed by atoms with Gasteiger partial charge in [-0.15, -0.1) is 0 Å². The molecule has 0 saturated carbocycles. The van der Waals surface area contributed by atoms with Crippen molar-refractivity contribution in [1.82, 2.24) is 24.3 Å². The molecule has 38 heavy (non-hydrogen) atoms. The first-order valence-electron chi connectivity index (χ1n) is 12.8. The van der Waals surface area contributed by atoms with Crippen molar-refractivity contribution in [1.29, 1.82) is 0 Å². The number of imidazole rings is 1. The van der Waals surface area contributed by atoms with E-state index >= 15 is 0 Å². The van der Waals surface area contributed by atoms with Crippen molar-refractivity contribution in [2.24, 2.45) is 0 Å². The number of para-hydroxylation sites is 2. The molecule has 1 aliphatic rings. The van der Waals surface area contributed by atoms with Gasteiger partial charge in [-0.05, 0) is 29.3 Å². The van der Waals surface area contributed by atoms with E-state index in [2.05, 4.69) is 96.0 Å². The summed E-state index contributed by atoms with van der Waals surface area (Å²) >= 11 is 0. The Hall–Kier alpha value is -4.90. The second-order valence-corrected chi connectivity index (χ2v) is 10.4. The zero-order valence-corrected chi connectivity index (χ0v) is 21.1. The molecule has 0 saturated heterocycles. The number of hydrogen-bond donors (Lipinski definition) is 0. The Morgan fingerprint density at radius 1 is 0.658 bits per heavy atom. The van der Waals surface area contributed by atoms with Gasteiger partial charge in [-0.3, -0.25) is 4.40 Å². The molecule has 0 N–H and O–H groups in total. The van der Waals surface area contributed by atoms with E-state index in [4.69, 9.17) is 15.0 Å². The van der Waals surface area contributed by atoms with Crippen LogP contribution in [0.25, 0.3) is 61.4 Å². The fraction of sp³-hybridized carbons (Fsp3) is 0.0909. The molecule has 0 atom stereocenters. The molecule has 0 fully saturated rings. The smallest absolute Gasteiger partial charge is 0.159 e. The first kappa shape index (κ1) is 21.2. The minimum absolute atomic E-state index is 0.0953. The van der Waals surface area contributed by atoms with Crippen molar-refractivity contribution in [3.8, 4) is 33.8 Å². The predicted molar refractivity (Wildman–Crippen MR) is 152 cm³/mol. The summed E-state index contributed by atoms with van der Waals surface area (Å²) in [4.78, 5) is 19.5. The van der Waals surface area contributed by atoms with E-state index in [1.54, 1.807) is 0 Å². The summed E-state index contributed by atoms with van der Waals surface area (Å²) in [6.07, 6.45) is 3.87. The molecule has 0 radical (unpaired) electrons. The van der Waals surface area contributed by atoms with Crippen molar-refractivity contribution in [2.75, 3.05) is 0 Å². The topological polar surface area (TPSA) is 56.0 Å². The van der Waals surface area contributed by atoms with Crippen LogP contribution >= 0.6 is 0 Å². The third kappa shape index (κ3) is 2.87. The summed E-state index contributed by atoms with van der Waals surface area (Å²) in [5, 5.41) is 1.05. The third-order valence-electron chi connectivity index (χ3n) is 7.95. The van der Waals surface area contributed by atoms with Gasteiger partial charge in [0.2, 0.25) is 0 Å². The van der Waals surface area contributed by atoms with Gasteiger partial charge in [0.15, 0.2) is 5.82 Å². The molecule has 8 rings (SSSR count). The van der Waals surface area contributed by atoms with Crippen molar-refractivity contribution in [3.05, 3.63) is 115 Å². The maximum Gasteiger partial charge on any atom is 0.159 e. The summed E-state index contributed by atoms with van der Waals surface area (Å²) in [5.74, 6) is 0.742. The second kappa shape index (κ2) is 7.56.